The maximum Gasteiger partial charge on any atom is 0.315 e. The molecule has 0 fully saturated rings. The Labute approximate surface area is 130 Å². The summed E-state index contributed by atoms with van der Waals surface area (Å²) in [5, 5.41) is 12.3. The highest BCUT2D eigenvalue weighted by Crippen LogP contribution is 2.27. The highest BCUT2D eigenvalue weighted by Gasteiger charge is 2.38. The van der Waals surface area contributed by atoms with Crippen LogP contribution in [0.4, 0.5) is 0 Å². The molecule has 0 radical (unpaired) electrons. The summed E-state index contributed by atoms with van der Waals surface area (Å²) in [6, 6.07) is 8.84. The zero-order chi connectivity index (χ0) is 16.8. The quantitative estimate of drug-likeness (QED) is 0.787. The Kier molecular flexibility index (Phi) is 6.10. The van der Waals surface area contributed by atoms with E-state index in [1.807, 2.05) is 6.07 Å². The van der Waals surface area contributed by atoms with Crippen LogP contribution in [0.2, 0.25) is 0 Å². The summed E-state index contributed by atoms with van der Waals surface area (Å²) in [6.45, 7) is 3.02. The number of hydrogen-bond donors (Lipinski definition) is 2. The van der Waals surface area contributed by atoms with Crippen molar-refractivity contribution in [2.75, 3.05) is 20.1 Å². The number of aliphatic carboxylic acids is 1. The van der Waals surface area contributed by atoms with E-state index >= 15 is 0 Å². The van der Waals surface area contributed by atoms with Crippen molar-refractivity contribution in [1.29, 1.82) is 0 Å². The molecule has 0 bridgehead atoms. The van der Waals surface area contributed by atoms with Crippen molar-refractivity contribution in [2.24, 2.45) is 0 Å². The van der Waals surface area contributed by atoms with Gasteiger partial charge in [-0.3, -0.25) is 14.4 Å². The maximum atomic E-state index is 11.9. The molecule has 0 aliphatic rings. The van der Waals surface area contributed by atoms with E-state index < -0.39 is 11.4 Å². The second-order valence-corrected chi connectivity index (χ2v) is 5.26. The summed E-state index contributed by atoms with van der Waals surface area (Å²) in [4.78, 5) is 36.0. The fourth-order valence-electron chi connectivity index (χ4n) is 2.17. The summed E-state index contributed by atoms with van der Waals surface area (Å²) in [5.41, 5.74) is -0.531. The molecule has 1 unspecified atom stereocenters. The van der Waals surface area contributed by atoms with Crippen LogP contribution < -0.4 is 5.32 Å². The van der Waals surface area contributed by atoms with E-state index in [-0.39, 0.29) is 24.9 Å². The molecule has 0 spiro atoms. The molecule has 1 aromatic rings. The van der Waals surface area contributed by atoms with Gasteiger partial charge in [-0.25, -0.2) is 0 Å². The number of likely N-dealkylation sites (N-methyl/N-ethyl adjacent to an activating group) is 1. The molecule has 0 aliphatic carbocycles. The Hall–Kier alpha value is -2.37. The third-order valence-corrected chi connectivity index (χ3v) is 3.84. The number of amides is 2. The van der Waals surface area contributed by atoms with Crippen LogP contribution in [0.25, 0.3) is 0 Å². The molecule has 0 heterocycles. The monoisotopic (exact) mass is 306 g/mol. The fourth-order valence-corrected chi connectivity index (χ4v) is 2.17. The van der Waals surface area contributed by atoms with Gasteiger partial charge in [0.05, 0.1) is 6.54 Å². The average Bonchev–Trinajstić information content (AvgIpc) is 2.49. The Morgan fingerprint density at radius 1 is 1.23 bits per heavy atom. The van der Waals surface area contributed by atoms with Crippen molar-refractivity contribution < 1.29 is 19.5 Å². The summed E-state index contributed by atoms with van der Waals surface area (Å²) < 4.78 is 0. The van der Waals surface area contributed by atoms with Gasteiger partial charge in [-0.05, 0) is 12.0 Å². The lowest BCUT2D eigenvalue weighted by atomic mass is 9.78. The highest BCUT2D eigenvalue weighted by atomic mass is 16.4. The molecule has 2 N–H and O–H groups in total. The average molecular weight is 306 g/mol. The molecule has 1 atom stereocenters. The van der Waals surface area contributed by atoms with Gasteiger partial charge in [0.2, 0.25) is 11.8 Å². The molecule has 1 rings (SSSR count). The number of carboxylic acid groups (broad SMARTS) is 1. The molecular weight excluding hydrogens is 284 g/mol. The zero-order valence-corrected chi connectivity index (χ0v) is 13.1. The van der Waals surface area contributed by atoms with E-state index in [4.69, 9.17) is 0 Å². The molecular formula is C16H22N2O4. The largest absolute Gasteiger partial charge is 0.481 e. The van der Waals surface area contributed by atoms with Gasteiger partial charge >= 0.3 is 5.97 Å². The third-order valence-electron chi connectivity index (χ3n) is 3.84. The predicted molar refractivity (Wildman–Crippen MR) is 82.4 cm³/mol. The Balaban J connectivity index is 2.86. The SMILES string of the molecule is CCC(CNC(=O)CN(C)C(C)=O)(C(=O)O)c1ccccc1. The third kappa shape index (κ3) is 4.07. The standard InChI is InChI=1S/C16H22N2O4/c1-4-16(15(21)22,13-8-6-5-7-9-13)11-17-14(20)10-18(3)12(2)19/h5-9H,4,10-11H2,1-3H3,(H,17,20)(H,21,22). The maximum absolute atomic E-state index is 11.9. The van der Waals surface area contributed by atoms with Gasteiger partial charge in [0, 0.05) is 20.5 Å². The van der Waals surface area contributed by atoms with Gasteiger partial charge in [0.15, 0.2) is 0 Å². The second-order valence-electron chi connectivity index (χ2n) is 5.26. The van der Waals surface area contributed by atoms with Gasteiger partial charge in [-0.15, -0.1) is 0 Å². The molecule has 0 aromatic heterocycles. The van der Waals surface area contributed by atoms with Crippen LogP contribution in [0, 0.1) is 0 Å². The van der Waals surface area contributed by atoms with Crippen molar-refractivity contribution >= 4 is 17.8 Å². The number of rotatable bonds is 7. The molecule has 0 saturated heterocycles. The lowest BCUT2D eigenvalue weighted by Crippen LogP contribution is -2.48. The summed E-state index contributed by atoms with van der Waals surface area (Å²) >= 11 is 0. The number of nitrogens with one attached hydrogen (secondary N) is 1. The summed E-state index contributed by atoms with van der Waals surface area (Å²) in [7, 11) is 1.52. The van der Waals surface area contributed by atoms with Gasteiger partial charge in [-0.2, -0.15) is 0 Å². The van der Waals surface area contributed by atoms with E-state index in [0.29, 0.717) is 12.0 Å². The number of benzene rings is 1. The van der Waals surface area contributed by atoms with Crippen LogP contribution in [0.15, 0.2) is 30.3 Å². The van der Waals surface area contributed by atoms with Gasteiger partial charge < -0.3 is 15.3 Å². The van der Waals surface area contributed by atoms with Crippen LogP contribution in [0.3, 0.4) is 0 Å². The van der Waals surface area contributed by atoms with Crippen LogP contribution in [0.5, 0.6) is 0 Å². The minimum absolute atomic E-state index is 0.0204. The van der Waals surface area contributed by atoms with Crippen molar-refractivity contribution in [3.8, 4) is 0 Å². The first-order valence-electron chi connectivity index (χ1n) is 7.11. The van der Waals surface area contributed by atoms with Crippen LogP contribution in [0.1, 0.15) is 25.8 Å². The number of carbonyl (C=O) groups is 3. The van der Waals surface area contributed by atoms with Crippen LogP contribution in [-0.2, 0) is 19.8 Å². The number of carbonyl (C=O) groups excluding carboxylic acids is 2. The van der Waals surface area contributed by atoms with Crippen molar-refractivity contribution in [3.05, 3.63) is 35.9 Å². The van der Waals surface area contributed by atoms with E-state index in [1.54, 1.807) is 31.2 Å². The normalized spacial score (nSPS) is 13.0. The van der Waals surface area contributed by atoms with Gasteiger partial charge in [0.1, 0.15) is 5.41 Å². The molecule has 6 nitrogen and oxygen atoms in total. The Morgan fingerprint density at radius 2 is 1.82 bits per heavy atom. The van der Waals surface area contributed by atoms with Crippen LogP contribution >= 0.6 is 0 Å². The Bertz CT molecular complexity index is 544. The molecule has 0 aliphatic heterocycles. The molecule has 120 valence electrons. The zero-order valence-electron chi connectivity index (χ0n) is 13.1. The predicted octanol–water partition coefficient (Wildman–Crippen LogP) is 1.01. The molecule has 6 heteroatoms. The lowest BCUT2D eigenvalue weighted by Gasteiger charge is -2.29. The summed E-state index contributed by atoms with van der Waals surface area (Å²) in [5.74, 6) is -1.59. The smallest absolute Gasteiger partial charge is 0.315 e. The van der Waals surface area contributed by atoms with E-state index in [1.165, 1.54) is 18.9 Å². The minimum Gasteiger partial charge on any atom is -0.481 e. The van der Waals surface area contributed by atoms with E-state index in [0.717, 1.165) is 0 Å². The topological polar surface area (TPSA) is 86.7 Å². The highest BCUT2D eigenvalue weighted by molar-refractivity contribution is 5.86. The van der Waals surface area contributed by atoms with Gasteiger partial charge in [-0.1, -0.05) is 37.3 Å². The first-order chi connectivity index (χ1) is 10.3. The first kappa shape index (κ1) is 17.7. The van der Waals surface area contributed by atoms with E-state index in [9.17, 15) is 19.5 Å². The van der Waals surface area contributed by atoms with Crippen molar-refractivity contribution in [2.45, 2.75) is 25.7 Å². The van der Waals surface area contributed by atoms with Crippen LogP contribution in [-0.4, -0.2) is 47.9 Å². The van der Waals surface area contributed by atoms with Crippen molar-refractivity contribution in [3.63, 3.8) is 0 Å². The number of carboxylic acids is 1. The molecule has 22 heavy (non-hydrogen) atoms. The lowest BCUT2D eigenvalue weighted by molar-refractivity contribution is -0.144. The fraction of sp³-hybridized carbons (Fsp3) is 0.438. The Morgan fingerprint density at radius 3 is 2.27 bits per heavy atom. The first-order valence-corrected chi connectivity index (χ1v) is 7.11. The summed E-state index contributed by atoms with van der Waals surface area (Å²) in [6.07, 6.45) is 0.342. The second kappa shape index (κ2) is 7.59. The van der Waals surface area contributed by atoms with Crippen molar-refractivity contribution in [1.82, 2.24) is 10.2 Å². The molecule has 0 saturated carbocycles. The number of nitrogens with zero attached hydrogens (tertiary/aromatic N) is 1. The van der Waals surface area contributed by atoms with Gasteiger partial charge in [0.25, 0.3) is 0 Å². The minimum atomic E-state index is -1.17. The van der Waals surface area contributed by atoms with E-state index in [2.05, 4.69) is 5.32 Å². The molecule has 1 aromatic carbocycles. The number of hydrogen-bond acceptors (Lipinski definition) is 3. The molecule has 2 amide bonds.